The molecule has 0 aliphatic carbocycles. The molecule has 2 N–H and O–H groups in total. The Balaban J connectivity index is 1.93. The van der Waals surface area contributed by atoms with Gasteiger partial charge in [0.2, 0.25) is 0 Å². The summed E-state index contributed by atoms with van der Waals surface area (Å²) in [6.45, 7) is 0.633. The summed E-state index contributed by atoms with van der Waals surface area (Å²) in [7, 11) is 0. The average molecular weight is 295 g/mol. The van der Waals surface area contributed by atoms with E-state index in [0.717, 1.165) is 17.7 Å². The Morgan fingerprint density at radius 2 is 1.81 bits per heavy atom. The van der Waals surface area contributed by atoms with Crippen molar-refractivity contribution in [3.8, 4) is 5.75 Å². The molecule has 0 heterocycles. The number of rotatable bonds is 6. The quantitative estimate of drug-likeness (QED) is 0.883. The van der Waals surface area contributed by atoms with E-state index in [1.807, 2.05) is 0 Å². The molecule has 1 unspecified atom stereocenters. The lowest BCUT2D eigenvalue weighted by Gasteiger charge is -2.16. The Labute approximate surface area is 121 Å². The maximum atomic E-state index is 13.2. The van der Waals surface area contributed by atoms with Crippen LogP contribution in [0.3, 0.4) is 0 Å². The van der Waals surface area contributed by atoms with Gasteiger partial charge in [-0.3, -0.25) is 0 Å². The van der Waals surface area contributed by atoms with Gasteiger partial charge in [0.1, 0.15) is 11.6 Å². The van der Waals surface area contributed by atoms with Crippen molar-refractivity contribution in [3.05, 3.63) is 65.5 Å². The summed E-state index contributed by atoms with van der Waals surface area (Å²) in [6, 6.07) is 9.61. The molecule has 1 atom stereocenters. The van der Waals surface area contributed by atoms with E-state index in [1.54, 1.807) is 12.1 Å². The van der Waals surface area contributed by atoms with Gasteiger partial charge >= 0.3 is 0 Å². The summed E-state index contributed by atoms with van der Waals surface area (Å²) in [6.07, 6.45) is 0.555. The molecule has 0 amide bonds. The minimum atomic E-state index is -0.951. The Morgan fingerprint density at radius 1 is 1.00 bits per heavy atom. The molecule has 21 heavy (non-hydrogen) atoms. The zero-order chi connectivity index (χ0) is 15.2. The van der Waals surface area contributed by atoms with Crippen LogP contribution >= 0.6 is 0 Å². The Morgan fingerprint density at radius 3 is 2.48 bits per heavy atom. The highest BCUT2D eigenvalue weighted by atomic mass is 19.2. The van der Waals surface area contributed by atoms with E-state index in [1.165, 1.54) is 18.2 Å². The largest absolute Gasteiger partial charge is 0.493 e. The lowest BCUT2D eigenvalue weighted by atomic mass is 9.96. The van der Waals surface area contributed by atoms with Gasteiger partial charge in [-0.05, 0) is 48.7 Å². The number of hydrogen-bond acceptors (Lipinski definition) is 2. The van der Waals surface area contributed by atoms with Crippen molar-refractivity contribution in [1.82, 2.24) is 0 Å². The van der Waals surface area contributed by atoms with Crippen LogP contribution in [-0.2, 0) is 0 Å². The molecular formula is C16H16F3NO. The monoisotopic (exact) mass is 295 g/mol. The normalized spacial score (nSPS) is 12.2. The molecule has 0 fully saturated rings. The molecule has 0 radical (unpaired) electrons. The summed E-state index contributed by atoms with van der Waals surface area (Å²) in [5, 5.41) is 0. The molecule has 5 heteroatoms. The summed E-state index contributed by atoms with van der Waals surface area (Å²) in [4.78, 5) is 0. The number of ether oxygens (including phenoxy) is 1. The SMILES string of the molecule is NCC(CCOc1ccc(F)c(F)c1)c1cccc(F)c1. The van der Waals surface area contributed by atoms with Crippen molar-refractivity contribution in [2.75, 3.05) is 13.2 Å². The molecule has 2 aromatic carbocycles. The maximum absolute atomic E-state index is 13.2. The van der Waals surface area contributed by atoms with Gasteiger partial charge in [-0.1, -0.05) is 12.1 Å². The topological polar surface area (TPSA) is 35.2 Å². The number of halogens is 3. The minimum absolute atomic E-state index is 0.0500. The average Bonchev–Trinajstić information content (AvgIpc) is 2.47. The third kappa shape index (κ3) is 4.23. The van der Waals surface area contributed by atoms with Crippen LogP contribution in [0.15, 0.2) is 42.5 Å². The lowest BCUT2D eigenvalue weighted by molar-refractivity contribution is 0.296. The maximum Gasteiger partial charge on any atom is 0.162 e. The molecule has 0 aliphatic heterocycles. The summed E-state index contributed by atoms with van der Waals surface area (Å²) in [5.74, 6) is -1.97. The number of hydrogen-bond donors (Lipinski definition) is 1. The molecule has 0 aromatic heterocycles. The van der Waals surface area contributed by atoms with Crippen LogP contribution in [0.5, 0.6) is 5.75 Å². The van der Waals surface area contributed by atoms with Gasteiger partial charge in [0.25, 0.3) is 0 Å². The fraction of sp³-hybridized carbons (Fsp3) is 0.250. The van der Waals surface area contributed by atoms with Gasteiger partial charge in [0.05, 0.1) is 6.61 Å². The first-order valence-electron chi connectivity index (χ1n) is 6.63. The van der Waals surface area contributed by atoms with Crippen molar-refractivity contribution in [2.45, 2.75) is 12.3 Å². The highest BCUT2D eigenvalue weighted by Gasteiger charge is 2.11. The van der Waals surface area contributed by atoms with E-state index in [4.69, 9.17) is 10.5 Å². The first-order valence-corrected chi connectivity index (χ1v) is 6.63. The van der Waals surface area contributed by atoms with E-state index < -0.39 is 11.6 Å². The molecule has 112 valence electrons. The second-order valence-electron chi connectivity index (χ2n) is 4.70. The van der Waals surface area contributed by atoms with E-state index in [2.05, 4.69) is 0 Å². The second-order valence-corrected chi connectivity index (χ2v) is 4.70. The van der Waals surface area contributed by atoms with E-state index >= 15 is 0 Å². The van der Waals surface area contributed by atoms with Gasteiger partial charge in [-0.2, -0.15) is 0 Å². The van der Waals surface area contributed by atoms with E-state index in [-0.39, 0.29) is 24.1 Å². The lowest BCUT2D eigenvalue weighted by Crippen LogP contribution is -2.15. The molecule has 2 aromatic rings. The summed E-state index contributed by atoms with van der Waals surface area (Å²) >= 11 is 0. The fourth-order valence-electron chi connectivity index (χ4n) is 2.07. The van der Waals surface area contributed by atoms with Crippen LogP contribution < -0.4 is 10.5 Å². The van der Waals surface area contributed by atoms with Crippen molar-refractivity contribution in [2.24, 2.45) is 5.73 Å². The third-order valence-corrected chi connectivity index (χ3v) is 3.23. The number of nitrogens with two attached hydrogens (primary N) is 1. The van der Waals surface area contributed by atoms with Gasteiger partial charge in [-0.25, -0.2) is 13.2 Å². The molecular weight excluding hydrogens is 279 g/mol. The molecule has 2 nitrogen and oxygen atoms in total. The van der Waals surface area contributed by atoms with Crippen LogP contribution in [0, 0.1) is 17.5 Å². The Kier molecular flexibility index (Phi) is 5.22. The fourth-order valence-corrected chi connectivity index (χ4v) is 2.07. The predicted molar refractivity (Wildman–Crippen MR) is 74.7 cm³/mol. The van der Waals surface area contributed by atoms with Crippen molar-refractivity contribution in [1.29, 1.82) is 0 Å². The number of benzene rings is 2. The van der Waals surface area contributed by atoms with Crippen LogP contribution in [0.1, 0.15) is 17.9 Å². The highest BCUT2D eigenvalue weighted by molar-refractivity contribution is 5.24. The first kappa shape index (κ1) is 15.4. The molecule has 0 saturated carbocycles. The first-order chi connectivity index (χ1) is 10.1. The van der Waals surface area contributed by atoms with Crippen molar-refractivity contribution >= 4 is 0 Å². The third-order valence-electron chi connectivity index (χ3n) is 3.23. The zero-order valence-corrected chi connectivity index (χ0v) is 11.4. The molecule has 0 bridgehead atoms. The van der Waals surface area contributed by atoms with E-state index in [9.17, 15) is 13.2 Å². The Bertz CT molecular complexity index is 604. The van der Waals surface area contributed by atoms with Crippen LogP contribution in [0.4, 0.5) is 13.2 Å². The molecule has 0 spiro atoms. The zero-order valence-electron chi connectivity index (χ0n) is 11.4. The van der Waals surface area contributed by atoms with Crippen molar-refractivity contribution < 1.29 is 17.9 Å². The highest BCUT2D eigenvalue weighted by Crippen LogP contribution is 2.21. The predicted octanol–water partition coefficient (Wildman–Crippen LogP) is 3.62. The summed E-state index contributed by atoms with van der Waals surface area (Å²) in [5.41, 5.74) is 6.49. The van der Waals surface area contributed by atoms with Crippen molar-refractivity contribution in [3.63, 3.8) is 0 Å². The Hall–Kier alpha value is -2.01. The van der Waals surface area contributed by atoms with Crippen LogP contribution in [0.2, 0.25) is 0 Å². The van der Waals surface area contributed by atoms with Gasteiger partial charge < -0.3 is 10.5 Å². The minimum Gasteiger partial charge on any atom is -0.493 e. The van der Waals surface area contributed by atoms with Crippen LogP contribution in [0.25, 0.3) is 0 Å². The second kappa shape index (κ2) is 7.13. The standard InChI is InChI=1S/C16H16F3NO/c17-13-3-1-2-11(8-13)12(10-20)6-7-21-14-4-5-15(18)16(19)9-14/h1-5,8-9,12H,6-7,10,20H2. The van der Waals surface area contributed by atoms with Gasteiger partial charge in [0.15, 0.2) is 11.6 Å². The van der Waals surface area contributed by atoms with Gasteiger partial charge in [0, 0.05) is 6.07 Å². The molecule has 0 aliphatic rings. The van der Waals surface area contributed by atoms with E-state index in [0.29, 0.717) is 13.0 Å². The van der Waals surface area contributed by atoms with Crippen LogP contribution in [-0.4, -0.2) is 13.2 Å². The van der Waals surface area contributed by atoms with Gasteiger partial charge in [-0.15, -0.1) is 0 Å². The smallest absolute Gasteiger partial charge is 0.162 e. The summed E-state index contributed by atoms with van der Waals surface area (Å²) < 4.78 is 44.4. The molecule has 2 rings (SSSR count). The molecule has 0 saturated heterocycles.